The molecule has 1 aromatic rings. The van der Waals surface area contributed by atoms with Gasteiger partial charge in [0.1, 0.15) is 0 Å². The third-order valence-corrected chi connectivity index (χ3v) is 3.18. The number of rotatable bonds is 7. The van der Waals surface area contributed by atoms with Gasteiger partial charge in [-0.1, -0.05) is 20.8 Å². The molecule has 0 radical (unpaired) electrons. The van der Waals surface area contributed by atoms with E-state index < -0.39 is 0 Å². The molecule has 0 fully saturated rings. The summed E-state index contributed by atoms with van der Waals surface area (Å²) in [6.07, 6.45) is 1.87. The van der Waals surface area contributed by atoms with E-state index in [2.05, 4.69) is 36.4 Å². The number of aromatic nitrogens is 1. The lowest BCUT2D eigenvalue weighted by molar-refractivity contribution is 0.540. The van der Waals surface area contributed by atoms with E-state index in [-0.39, 0.29) is 0 Å². The van der Waals surface area contributed by atoms with Crippen LogP contribution in [0.15, 0.2) is 11.6 Å². The van der Waals surface area contributed by atoms with E-state index in [1.54, 1.807) is 11.3 Å². The molecule has 0 aliphatic rings. The molecule has 4 heteroatoms. The van der Waals surface area contributed by atoms with Crippen molar-refractivity contribution in [1.82, 2.24) is 15.6 Å². The van der Waals surface area contributed by atoms with Crippen LogP contribution in [0, 0.1) is 0 Å². The highest BCUT2D eigenvalue weighted by Crippen LogP contribution is 2.15. The molecule has 0 aromatic carbocycles. The average Bonchev–Trinajstić information content (AvgIpc) is 2.69. The summed E-state index contributed by atoms with van der Waals surface area (Å²) < 4.78 is 0. The van der Waals surface area contributed by atoms with Crippen molar-refractivity contribution in [3.8, 4) is 0 Å². The van der Waals surface area contributed by atoms with Gasteiger partial charge in [-0.05, 0) is 0 Å². The molecule has 0 bridgehead atoms. The maximum atomic E-state index is 4.31. The summed E-state index contributed by atoms with van der Waals surface area (Å²) in [6.45, 7) is 9.60. The van der Waals surface area contributed by atoms with Crippen molar-refractivity contribution in [2.75, 3.05) is 19.6 Å². The third kappa shape index (κ3) is 5.25. The van der Waals surface area contributed by atoms with Gasteiger partial charge in [0.25, 0.3) is 0 Å². The Morgan fingerprint density at radius 3 is 2.73 bits per heavy atom. The Labute approximate surface area is 96.3 Å². The first-order valence-electron chi connectivity index (χ1n) is 5.53. The van der Waals surface area contributed by atoms with Gasteiger partial charge < -0.3 is 10.6 Å². The zero-order valence-corrected chi connectivity index (χ0v) is 10.6. The minimum atomic E-state index is 0.518. The van der Waals surface area contributed by atoms with Gasteiger partial charge in [-0.2, -0.15) is 0 Å². The molecular formula is C11H21N3S. The van der Waals surface area contributed by atoms with E-state index in [0.29, 0.717) is 12.0 Å². The predicted molar refractivity (Wildman–Crippen MR) is 66.5 cm³/mol. The lowest BCUT2D eigenvalue weighted by atomic mass is 10.2. The molecule has 86 valence electrons. The molecule has 0 amide bonds. The fraction of sp³-hybridized carbons (Fsp3) is 0.727. The summed E-state index contributed by atoms with van der Waals surface area (Å²) >= 11 is 1.73. The zero-order valence-electron chi connectivity index (χ0n) is 9.79. The first-order chi connectivity index (χ1) is 7.20. The fourth-order valence-corrected chi connectivity index (χ4v) is 2.03. The van der Waals surface area contributed by atoms with Crippen LogP contribution in [-0.2, 0) is 0 Å². The van der Waals surface area contributed by atoms with Gasteiger partial charge in [0.15, 0.2) is 0 Å². The molecule has 1 atom stereocenters. The van der Waals surface area contributed by atoms with Crippen LogP contribution < -0.4 is 10.6 Å². The van der Waals surface area contributed by atoms with Gasteiger partial charge in [0, 0.05) is 43.2 Å². The topological polar surface area (TPSA) is 37.0 Å². The third-order valence-electron chi connectivity index (χ3n) is 2.18. The Balaban J connectivity index is 2.05. The molecular weight excluding hydrogens is 206 g/mol. The quantitative estimate of drug-likeness (QED) is 0.698. The van der Waals surface area contributed by atoms with Crippen molar-refractivity contribution in [2.24, 2.45) is 0 Å². The molecule has 0 aliphatic carbocycles. The summed E-state index contributed by atoms with van der Waals surface area (Å²) in [5.41, 5.74) is 0. The van der Waals surface area contributed by atoms with Crippen molar-refractivity contribution in [1.29, 1.82) is 0 Å². The molecule has 1 unspecified atom stereocenters. The summed E-state index contributed by atoms with van der Waals surface area (Å²) in [5.74, 6) is 0.518. The smallest absolute Gasteiger partial charge is 0.0965 e. The Morgan fingerprint density at radius 2 is 2.13 bits per heavy atom. The van der Waals surface area contributed by atoms with Crippen LogP contribution in [-0.4, -0.2) is 30.7 Å². The molecule has 0 spiro atoms. The Morgan fingerprint density at radius 1 is 1.33 bits per heavy atom. The highest BCUT2D eigenvalue weighted by Gasteiger charge is 2.06. The van der Waals surface area contributed by atoms with E-state index in [4.69, 9.17) is 0 Å². The van der Waals surface area contributed by atoms with Crippen LogP contribution in [0.1, 0.15) is 31.7 Å². The van der Waals surface area contributed by atoms with Crippen LogP contribution >= 0.6 is 11.3 Å². The van der Waals surface area contributed by atoms with Gasteiger partial charge in [0.2, 0.25) is 0 Å². The number of nitrogens with zero attached hydrogens (tertiary/aromatic N) is 1. The van der Waals surface area contributed by atoms with Crippen molar-refractivity contribution in [3.63, 3.8) is 0 Å². The van der Waals surface area contributed by atoms with E-state index >= 15 is 0 Å². The van der Waals surface area contributed by atoms with E-state index in [9.17, 15) is 0 Å². The first-order valence-corrected chi connectivity index (χ1v) is 6.41. The second kappa shape index (κ2) is 6.93. The van der Waals surface area contributed by atoms with Crippen molar-refractivity contribution in [3.05, 3.63) is 16.6 Å². The molecule has 0 saturated heterocycles. The first kappa shape index (κ1) is 12.6. The zero-order chi connectivity index (χ0) is 11.1. The number of hydrogen-bond donors (Lipinski definition) is 2. The monoisotopic (exact) mass is 227 g/mol. The number of thiazole rings is 1. The second-order valence-corrected chi connectivity index (χ2v) is 5.01. The van der Waals surface area contributed by atoms with Crippen LogP contribution in [0.2, 0.25) is 0 Å². The normalized spacial score (nSPS) is 13.3. The highest BCUT2D eigenvalue weighted by atomic mass is 32.1. The van der Waals surface area contributed by atoms with Gasteiger partial charge in [-0.15, -0.1) is 11.3 Å². The largest absolute Gasteiger partial charge is 0.315 e. The van der Waals surface area contributed by atoms with Gasteiger partial charge >= 0.3 is 0 Å². The minimum Gasteiger partial charge on any atom is -0.315 e. The van der Waals surface area contributed by atoms with Gasteiger partial charge in [-0.25, -0.2) is 4.98 Å². The summed E-state index contributed by atoms with van der Waals surface area (Å²) in [6, 6.07) is 0.572. The minimum absolute atomic E-state index is 0.518. The Bertz CT molecular complexity index is 246. The molecule has 0 aliphatic heterocycles. The summed E-state index contributed by atoms with van der Waals surface area (Å²) in [7, 11) is 0. The van der Waals surface area contributed by atoms with Gasteiger partial charge in [-0.3, -0.25) is 0 Å². The molecule has 1 rings (SSSR count). The standard InChI is InChI=1S/C11H21N3S/c1-9(2)13-5-4-12-8-10(3)11-14-6-7-15-11/h6-7,9-10,12-13H,4-5,8H2,1-3H3. The van der Waals surface area contributed by atoms with Crippen LogP contribution in [0.3, 0.4) is 0 Å². The SMILES string of the molecule is CC(C)NCCNCC(C)c1nccs1. The lowest BCUT2D eigenvalue weighted by Crippen LogP contribution is -2.33. The van der Waals surface area contributed by atoms with E-state index in [0.717, 1.165) is 19.6 Å². The number of nitrogens with one attached hydrogen (secondary N) is 2. The van der Waals surface area contributed by atoms with Crippen molar-refractivity contribution >= 4 is 11.3 Å². The Hall–Kier alpha value is -0.450. The molecule has 15 heavy (non-hydrogen) atoms. The van der Waals surface area contributed by atoms with E-state index in [1.165, 1.54) is 5.01 Å². The average molecular weight is 227 g/mol. The second-order valence-electron chi connectivity index (χ2n) is 4.08. The summed E-state index contributed by atoms with van der Waals surface area (Å²) in [4.78, 5) is 4.31. The molecule has 1 aromatic heterocycles. The van der Waals surface area contributed by atoms with Crippen molar-refractivity contribution < 1.29 is 0 Å². The van der Waals surface area contributed by atoms with Crippen LogP contribution in [0.25, 0.3) is 0 Å². The fourth-order valence-electron chi connectivity index (χ4n) is 1.33. The molecule has 3 nitrogen and oxygen atoms in total. The Kier molecular flexibility index (Phi) is 5.83. The highest BCUT2D eigenvalue weighted by molar-refractivity contribution is 7.09. The van der Waals surface area contributed by atoms with Crippen LogP contribution in [0.5, 0.6) is 0 Å². The summed E-state index contributed by atoms with van der Waals surface area (Å²) in [5, 5.41) is 10.1. The predicted octanol–water partition coefficient (Wildman–Crippen LogP) is 1.83. The molecule has 0 saturated carbocycles. The maximum absolute atomic E-state index is 4.31. The number of hydrogen-bond acceptors (Lipinski definition) is 4. The van der Waals surface area contributed by atoms with E-state index in [1.807, 2.05) is 11.6 Å². The van der Waals surface area contributed by atoms with Gasteiger partial charge in [0.05, 0.1) is 5.01 Å². The molecule has 1 heterocycles. The van der Waals surface area contributed by atoms with Crippen LogP contribution in [0.4, 0.5) is 0 Å². The lowest BCUT2D eigenvalue weighted by Gasteiger charge is -2.11. The maximum Gasteiger partial charge on any atom is 0.0965 e. The van der Waals surface area contributed by atoms with Crippen molar-refractivity contribution in [2.45, 2.75) is 32.7 Å². The molecule has 2 N–H and O–H groups in total.